The van der Waals surface area contributed by atoms with E-state index < -0.39 is 0 Å². The Bertz CT molecular complexity index is 633. The standard InChI is InChI=1S/C17H20N2O2/c1-12-7-6-9-14(18)16(12)17(20)19(2)11-13-8-4-5-10-15(13)21-3/h4-10H,11,18H2,1-3H3. The molecule has 110 valence electrons. The Kier molecular flexibility index (Phi) is 4.48. The minimum atomic E-state index is -0.0866. The van der Waals surface area contributed by atoms with Crippen molar-refractivity contribution in [3.8, 4) is 5.75 Å². The van der Waals surface area contributed by atoms with E-state index in [1.807, 2.05) is 43.3 Å². The van der Waals surface area contributed by atoms with Gasteiger partial charge >= 0.3 is 0 Å². The number of nitrogen functional groups attached to an aromatic ring is 1. The van der Waals surface area contributed by atoms with Crippen molar-refractivity contribution in [3.05, 3.63) is 59.2 Å². The number of para-hydroxylation sites is 1. The number of hydrogen-bond acceptors (Lipinski definition) is 3. The first-order valence-corrected chi connectivity index (χ1v) is 6.77. The Morgan fingerprint density at radius 1 is 1.19 bits per heavy atom. The Morgan fingerprint density at radius 3 is 2.57 bits per heavy atom. The molecule has 0 aliphatic rings. The normalized spacial score (nSPS) is 10.2. The lowest BCUT2D eigenvalue weighted by molar-refractivity contribution is 0.0784. The average molecular weight is 284 g/mol. The van der Waals surface area contributed by atoms with Crippen molar-refractivity contribution >= 4 is 11.6 Å². The van der Waals surface area contributed by atoms with E-state index in [4.69, 9.17) is 10.5 Å². The van der Waals surface area contributed by atoms with Crippen molar-refractivity contribution < 1.29 is 9.53 Å². The molecular weight excluding hydrogens is 264 g/mol. The number of hydrogen-bond donors (Lipinski definition) is 1. The zero-order chi connectivity index (χ0) is 15.4. The first-order chi connectivity index (χ1) is 10.0. The molecule has 2 aromatic carbocycles. The second kappa shape index (κ2) is 6.31. The highest BCUT2D eigenvalue weighted by molar-refractivity contribution is 6.00. The number of rotatable bonds is 4. The van der Waals surface area contributed by atoms with Crippen LogP contribution in [0.3, 0.4) is 0 Å². The molecule has 0 aromatic heterocycles. The van der Waals surface area contributed by atoms with Gasteiger partial charge in [-0.25, -0.2) is 0 Å². The van der Waals surface area contributed by atoms with Crippen LogP contribution in [0.5, 0.6) is 5.75 Å². The quantitative estimate of drug-likeness (QED) is 0.878. The number of carbonyl (C=O) groups excluding carboxylic acids is 1. The van der Waals surface area contributed by atoms with Crippen molar-refractivity contribution in [2.24, 2.45) is 0 Å². The second-order valence-corrected chi connectivity index (χ2v) is 5.01. The second-order valence-electron chi connectivity index (χ2n) is 5.01. The summed E-state index contributed by atoms with van der Waals surface area (Å²) in [5, 5.41) is 0. The lowest BCUT2D eigenvalue weighted by atomic mass is 10.1. The van der Waals surface area contributed by atoms with Gasteiger partial charge in [0.1, 0.15) is 5.75 Å². The topological polar surface area (TPSA) is 55.6 Å². The van der Waals surface area contributed by atoms with E-state index in [2.05, 4.69) is 0 Å². The predicted octanol–water partition coefficient (Wildman–Crippen LogP) is 2.86. The number of nitrogens with two attached hydrogens (primary N) is 1. The van der Waals surface area contributed by atoms with Crippen molar-refractivity contribution in [2.45, 2.75) is 13.5 Å². The van der Waals surface area contributed by atoms with E-state index in [1.165, 1.54) is 0 Å². The Morgan fingerprint density at radius 2 is 1.90 bits per heavy atom. The minimum absolute atomic E-state index is 0.0866. The van der Waals surface area contributed by atoms with Crippen LogP contribution in [0.2, 0.25) is 0 Å². The molecule has 2 N–H and O–H groups in total. The zero-order valence-corrected chi connectivity index (χ0v) is 12.6. The molecule has 0 atom stereocenters. The number of methoxy groups -OCH3 is 1. The molecule has 4 nitrogen and oxygen atoms in total. The summed E-state index contributed by atoms with van der Waals surface area (Å²) in [5.74, 6) is 0.686. The first kappa shape index (κ1) is 14.9. The van der Waals surface area contributed by atoms with Gasteiger partial charge in [0.05, 0.1) is 12.7 Å². The third-order valence-corrected chi connectivity index (χ3v) is 3.47. The summed E-state index contributed by atoms with van der Waals surface area (Å²) in [6.45, 7) is 2.36. The predicted molar refractivity (Wildman–Crippen MR) is 84.4 cm³/mol. The van der Waals surface area contributed by atoms with E-state index in [9.17, 15) is 4.79 Å². The molecule has 0 saturated heterocycles. The summed E-state index contributed by atoms with van der Waals surface area (Å²) < 4.78 is 5.32. The summed E-state index contributed by atoms with van der Waals surface area (Å²) in [6, 6.07) is 13.2. The Hall–Kier alpha value is -2.49. The van der Waals surface area contributed by atoms with Crippen LogP contribution in [0, 0.1) is 6.92 Å². The van der Waals surface area contributed by atoms with Crippen LogP contribution in [-0.2, 0) is 6.54 Å². The molecule has 21 heavy (non-hydrogen) atoms. The van der Waals surface area contributed by atoms with Gasteiger partial charge in [0.15, 0.2) is 0 Å². The highest BCUT2D eigenvalue weighted by Gasteiger charge is 2.18. The molecule has 0 unspecified atom stereocenters. The van der Waals surface area contributed by atoms with Crippen LogP contribution < -0.4 is 10.5 Å². The lowest BCUT2D eigenvalue weighted by Gasteiger charge is -2.20. The third-order valence-electron chi connectivity index (χ3n) is 3.47. The van der Waals surface area contributed by atoms with E-state index in [0.717, 1.165) is 16.9 Å². The monoisotopic (exact) mass is 284 g/mol. The average Bonchev–Trinajstić information content (AvgIpc) is 2.47. The summed E-state index contributed by atoms with van der Waals surface area (Å²) in [4.78, 5) is 14.2. The smallest absolute Gasteiger partial charge is 0.256 e. The fourth-order valence-corrected chi connectivity index (χ4v) is 2.33. The van der Waals surface area contributed by atoms with Gasteiger partial charge < -0.3 is 15.4 Å². The van der Waals surface area contributed by atoms with Crippen LogP contribution >= 0.6 is 0 Å². The number of carbonyl (C=O) groups is 1. The molecular formula is C17H20N2O2. The SMILES string of the molecule is COc1ccccc1CN(C)C(=O)c1c(C)cccc1N. The number of benzene rings is 2. The maximum atomic E-state index is 12.6. The lowest BCUT2D eigenvalue weighted by Crippen LogP contribution is -2.27. The fourth-order valence-electron chi connectivity index (χ4n) is 2.33. The molecule has 0 radical (unpaired) electrons. The molecule has 0 aliphatic heterocycles. The van der Waals surface area contributed by atoms with Crippen LogP contribution in [0.4, 0.5) is 5.69 Å². The molecule has 0 fully saturated rings. The van der Waals surface area contributed by atoms with E-state index in [0.29, 0.717) is 17.8 Å². The van der Waals surface area contributed by atoms with E-state index in [1.54, 1.807) is 25.1 Å². The molecule has 0 bridgehead atoms. The zero-order valence-electron chi connectivity index (χ0n) is 12.6. The molecule has 2 rings (SSSR count). The van der Waals surface area contributed by atoms with Crippen LogP contribution in [0.1, 0.15) is 21.5 Å². The van der Waals surface area contributed by atoms with E-state index >= 15 is 0 Å². The maximum Gasteiger partial charge on any atom is 0.256 e. The maximum absolute atomic E-state index is 12.6. The molecule has 0 saturated carbocycles. The highest BCUT2D eigenvalue weighted by Crippen LogP contribution is 2.22. The first-order valence-electron chi connectivity index (χ1n) is 6.77. The van der Waals surface area contributed by atoms with Gasteiger partial charge in [-0.15, -0.1) is 0 Å². The molecule has 0 heterocycles. The Labute approximate surface area is 125 Å². The number of nitrogens with zero attached hydrogens (tertiary/aromatic N) is 1. The van der Waals surface area contributed by atoms with Crippen LogP contribution in [0.25, 0.3) is 0 Å². The van der Waals surface area contributed by atoms with Gasteiger partial charge in [0.25, 0.3) is 5.91 Å². The molecule has 4 heteroatoms. The number of amides is 1. The number of ether oxygens (including phenoxy) is 1. The van der Waals surface area contributed by atoms with Crippen molar-refractivity contribution in [1.82, 2.24) is 4.90 Å². The van der Waals surface area contributed by atoms with E-state index in [-0.39, 0.29) is 5.91 Å². The summed E-state index contributed by atoms with van der Waals surface area (Å²) in [6.07, 6.45) is 0. The third kappa shape index (κ3) is 3.16. The molecule has 0 spiro atoms. The van der Waals surface area contributed by atoms with Gasteiger partial charge in [0, 0.05) is 24.8 Å². The van der Waals surface area contributed by atoms with Crippen LogP contribution in [-0.4, -0.2) is 25.0 Å². The summed E-state index contributed by atoms with van der Waals surface area (Å²) >= 11 is 0. The highest BCUT2D eigenvalue weighted by atomic mass is 16.5. The molecule has 1 amide bonds. The van der Waals surface area contributed by atoms with Crippen molar-refractivity contribution in [2.75, 3.05) is 19.9 Å². The molecule has 0 aliphatic carbocycles. The van der Waals surface area contributed by atoms with Crippen molar-refractivity contribution in [1.29, 1.82) is 0 Å². The fraction of sp³-hybridized carbons (Fsp3) is 0.235. The minimum Gasteiger partial charge on any atom is -0.496 e. The Balaban J connectivity index is 2.24. The largest absolute Gasteiger partial charge is 0.496 e. The van der Waals surface area contributed by atoms with Gasteiger partial charge in [-0.3, -0.25) is 4.79 Å². The van der Waals surface area contributed by atoms with Crippen molar-refractivity contribution in [3.63, 3.8) is 0 Å². The van der Waals surface area contributed by atoms with Gasteiger partial charge in [-0.2, -0.15) is 0 Å². The van der Waals surface area contributed by atoms with Gasteiger partial charge in [0.2, 0.25) is 0 Å². The number of aryl methyl sites for hydroxylation is 1. The van der Waals surface area contributed by atoms with Gasteiger partial charge in [-0.1, -0.05) is 30.3 Å². The molecule has 2 aromatic rings. The summed E-state index contributed by atoms with van der Waals surface area (Å²) in [5.41, 5.74) is 8.85. The van der Waals surface area contributed by atoms with Gasteiger partial charge in [-0.05, 0) is 24.6 Å². The number of anilines is 1. The van der Waals surface area contributed by atoms with Crippen LogP contribution in [0.15, 0.2) is 42.5 Å². The summed E-state index contributed by atoms with van der Waals surface area (Å²) in [7, 11) is 3.39.